The lowest BCUT2D eigenvalue weighted by Gasteiger charge is -2.30. The van der Waals surface area contributed by atoms with Gasteiger partial charge in [-0.1, -0.05) is 12.1 Å². The van der Waals surface area contributed by atoms with E-state index in [0.29, 0.717) is 24.6 Å². The van der Waals surface area contributed by atoms with Crippen LogP contribution in [0.4, 0.5) is 17.2 Å². The van der Waals surface area contributed by atoms with E-state index in [2.05, 4.69) is 25.2 Å². The number of hydrogen-bond acceptors (Lipinski definition) is 8. The second kappa shape index (κ2) is 9.17. The van der Waals surface area contributed by atoms with E-state index in [1.165, 1.54) is 0 Å². The lowest BCUT2D eigenvalue weighted by Crippen LogP contribution is -2.36. The molecule has 33 heavy (non-hydrogen) atoms. The molecular weight excluding hydrogens is 419 g/mol. The Morgan fingerprint density at radius 3 is 2.91 bits per heavy atom. The lowest BCUT2D eigenvalue weighted by molar-refractivity contribution is 0.102. The van der Waals surface area contributed by atoms with Crippen LogP contribution in [0.5, 0.6) is 0 Å². The molecule has 1 unspecified atom stereocenters. The predicted molar refractivity (Wildman–Crippen MR) is 125 cm³/mol. The Balaban J connectivity index is 1.41. The van der Waals surface area contributed by atoms with Gasteiger partial charge in [0, 0.05) is 24.8 Å². The molecule has 0 spiro atoms. The molecule has 10 heteroatoms. The number of rotatable bonds is 5. The summed E-state index contributed by atoms with van der Waals surface area (Å²) in [5.41, 5.74) is 11.2. The van der Waals surface area contributed by atoms with Crippen molar-refractivity contribution in [3.05, 3.63) is 59.7 Å². The molecule has 3 N–H and O–H groups in total. The first-order chi connectivity index (χ1) is 16.1. The van der Waals surface area contributed by atoms with E-state index < -0.39 is 5.91 Å². The second-order valence-electron chi connectivity index (χ2n) is 8.01. The number of amides is 1. The first kappa shape index (κ1) is 21.4. The first-order valence-electron chi connectivity index (χ1n) is 10.8. The highest BCUT2D eigenvalue weighted by Crippen LogP contribution is 2.35. The van der Waals surface area contributed by atoms with E-state index in [1.54, 1.807) is 18.6 Å². The van der Waals surface area contributed by atoms with Crippen LogP contribution in [0.25, 0.3) is 11.3 Å². The summed E-state index contributed by atoms with van der Waals surface area (Å²) in [5.74, 6) is -0.382. The number of nitrogen functional groups attached to an aromatic ring is 1. The number of nitrogens with one attached hydrogen (secondary N) is 1. The van der Waals surface area contributed by atoms with Crippen molar-refractivity contribution >= 4 is 31.1 Å². The number of benzene rings is 1. The van der Waals surface area contributed by atoms with E-state index in [1.807, 2.05) is 24.3 Å². The molecule has 1 amide bonds. The topological polar surface area (TPSA) is 115 Å². The van der Waals surface area contributed by atoms with Gasteiger partial charge in [0.2, 0.25) is 0 Å². The van der Waals surface area contributed by atoms with Crippen LogP contribution in [-0.2, 0) is 15.8 Å². The van der Waals surface area contributed by atoms with Crippen LogP contribution in [0.2, 0.25) is 0 Å². The summed E-state index contributed by atoms with van der Waals surface area (Å²) < 4.78 is 10.5. The number of carbonyl (C=O) groups is 1. The third kappa shape index (κ3) is 4.27. The highest BCUT2D eigenvalue weighted by atomic mass is 16.5. The van der Waals surface area contributed by atoms with Gasteiger partial charge in [-0.3, -0.25) is 9.78 Å². The normalized spacial score (nSPS) is 17.6. The zero-order valence-electron chi connectivity index (χ0n) is 18.0. The van der Waals surface area contributed by atoms with Crippen molar-refractivity contribution in [1.29, 1.82) is 0 Å². The van der Waals surface area contributed by atoms with Crippen LogP contribution in [0.15, 0.2) is 42.9 Å². The molecule has 166 valence electrons. The molecular formula is C23H23BN6O3. The molecule has 9 nitrogen and oxygen atoms in total. The largest absolute Gasteiger partial charge is 0.441 e. The second-order valence-corrected chi connectivity index (χ2v) is 8.01. The summed E-state index contributed by atoms with van der Waals surface area (Å²) >= 11 is 0. The molecule has 1 aliphatic heterocycles. The number of nitrogens with two attached hydrogens (primary N) is 1. The SMILES string of the molecule is [B]OC1CCc2cc(-c3cnc(N)c(C(=O)Nc4cnccc4N4CCOCC4)n3)ccc21. The average molecular weight is 442 g/mol. The van der Waals surface area contributed by atoms with Crippen molar-refractivity contribution in [2.45, 2.75) is 18.9 Å². The fourth-order valence-electron chi connectivity index (χ4n) is 4.33. The van der Waals surface area contributed by atoms with E-state index in [4.69, 9.17) is 23.2 Å². The fourth-order valence-corrected chi connectivity index (χ4v) is 4.33. The number of anilines is 3. The maximum absolute atomic E-state index is 13.1. The maximum Gasteiger partial charge on any atom is 0.283 e. The minimum absolute atomic E-state index is 0.0609. The van der Waals surface area contributed by atoms with E-state index in [0.717, 1.165) is 48.3 Å². The molecule has 2 aromatic heterocycles. The third-order valence-corrected chi connectivity index (χ3v) is 6.04. The molecule has 3 heterocycles. The molecule has 5 rings (SSSR count). The van der Waals surface area contributed by atoms with Crippen LogP contribution in [0, 0.1) is 0 Å². The number of aromatic nitrogens is 3. The van der Waals surface area contributed by atoms with Gasteiger partial charge in [0.15, 0.2) is 11.5 Å². The summed E-state index contributed by atoms with van der Waals surface area (Å²) in [6.07, 6.45) is 6.51. The molecule has 1 fully saturated rings. The van der Waals surface area contributed by atoms with Gasteiger partial charge in [-0.05, 0) is 36.1 Å². The standard InChI is InChI=1S/C23H23BN6O3/c24-33-20-4-2-14-11-15(1-3-16(14)20)17-13-27-22(25)21(28-17)23(31)29-18-12-26-6-5-19(18)30-7-9-32-10-8-30/h1,3,5-6,11-13,20H,2,4,7-10H2,(H2,25,27)(H,29,31). The lowest BCUT2D eigenvalue weighted by atomic mass is 10.0. The van der Waals surface area contributed by atoms with Crippen molar-refractivity contribution in [2.24, 2.45) is 0 Å². The molecule has 1 aliphatic carbocycles. The van der Waals surface area contributed by atoms with Crippen LogP contribution in [-0.4, -0.2) is 55.2 Å². The smallest absolute Gasteiger partial charge is 0.283 e. The Bertz CT molecular complexity index is 1180. The number of nitrogens with zero attached hydrogens (tertiary/aromatic N) is 4. The number of carbonyl (C=O) groups excluding carboxylic acids is 1. The molecule has 0 saturated carbocycles. The number of morpholine rings is 1. The molecule has 3 aromatic rings. The average Bonchev–Trinajstić information content (AvgIpc) is 3.27. The fraction of sp³-hybridized carbons (Fsp3) is 0.304. The van der Waals surface area contributed by atoms with Crippen molar-refractivity contribution in [3.63, 3.8) is 0 Å². The summed E-state index contributed by atoms with van der Waals surface area (Å²) in [6.45, 7) is 2.74. The summed E-state index contributed by atoms with van der Waals surface area (Å²) in [5, 5.41) is 2.90. The van der Waals surface area contributed by atoms with Crippen molar-refractivity contribution in [1.82, 2.24) is 15.0 Å². The molecule has 1 atom stereocenters. The van der Waals surface area contributed by atoms with Crippen LogP contribution in [0.1, 0.15) is 34.1 Å². The summed E-state index contributed by atoms with van der Waals surface area (Å²) in [6, 6.07) is 7.82. The predicted octanol–water partition coefficient (Wildman–Crippen LogP) is 2.30. The Hall–Kier alpha value is -3.50. The van der Waals surface area contributed by atoms with Gasteiger partial charge in [-0.2, -0.15) is 0 Å². The van der Waals surface area contributed by atoms with Gasteiger partial charge in [-0.25, -0.2) is 9.97 Å². The molecule has 0 bridgehead atoms. The number of aryl methyl sites for hydroxylation is 1. The molecule has 2 radical (unpaired) electrons. The van der Waals surface area contributed by atoms with Gasteiger partial charge >= 0.3 is 0 Å². The summed E-state index contributed by atoms with van der Waals surface area (Å²) in [7, 11) is 5.39. The number of pyridine rings is 1. The molecule has 1 saturated heterocycles. The summed E-state index contributed by atoms with van der Waals surface area (Å²) in [4.78, 5) is 28.2. The van der Waals surface area contributed by atoms with Crippen LogP contribution >= 0.6 is 0 Å². The minimum Gasteiger partial charge on any atom is -0.441 e. The van der Waals surface area contributed by atoms with E-state index >= 15 is 0 Å². The van der Waals surface area contributed by atoms with Gasteiger partial charge in [0.1, 0.15) is 0 Å². The number of fused-ring (bicyclic) bond motifs is 1. The quantitative estimate of drug-likeness (QED) is 0.579. The van der Waals surface area contributed by atoms with Crippen molar-refractivity contribution < 1.29 is 14.2 Å². The Morgan fingerprint density at radius 2 is 2.09 bits per heavy atom. The third-order valence-electron chi connectivity index (χ3n) is 6.04. The Kier molecular flexibility index (Phi) is 5.93. The molecule has 2 aliphatic rings. The highest BCUT2D eigenvalue weighted by Gasteiger charge is 2.23. The van der Waals surface area contributed by atoms with Crippen molar-refractivity contribution in [2.75, 3.05) is 42.3 Å². The van der Waals surface area contributed by atoms with Gasteiger partial charge in [-0.15, -0.1) is 0 Å². The Morgan fingerprint density at radius 1 is 1.24 bits per heavy atom. The van der Waals surface area contributed by atoms with Crippen LogP contribution < -0.4 is 16.0 Å². The number of ether oxygens (including phenoxy) is 1. The van der Waals surface area contributed by atoms with Gasteiger partial charge in [0.25, 0.3) is 14.0 Å². The molecule has 1 aromatic carbocycles. The van der Waals surface area contributed by atoms with E-state index in [-0.39, 0.29) is 17.6 Å². The van der Waals surface area contributed by atoms with Crippen LogP contribution in [0.3, 0.4) is 0 Å². The van der Waals surface area contributed by atoms with Gasteiger partial charge < -0.3 is 25.3 Å². The first-order valence-corrected chi connectivity index (χ1v) is 10.8. The maximum atomic E-state index is 13.1. The number of hydrogen-bond donors (Lipinski definition) is 2. The van der Waals surface area contributed by atoms with E-state index in [9.17, 15) is 4.79 Å². The Labute approximate surface area is 192 Å². The van der Waals surface area contributed by atoms with Crippen molar-refractivity contribution in [3.8, 4) is 11.3 Å². The monoisotopic (exact) mass is 442 g/mol. The van der Waals surface area contributed by atoms with Gasteiger partial charge in [0.05, 0.1) is 48.8 Å². The minimum atomic E-state index is -0.442. The zero-order valence-corrected chi connectivity index (χ0v) is 18.0. The highest BCUT2D eigenvalue weighted by molar-refractivity contribution is 6.07. The zero-order chi connectivity index (χ0) is 22.8.